The molecular weight excluding hydrogens is 270 g/mol. The predicted octanol–water partition coefficient (Wildman–Crippen LogP) is 3.71. The molecule has 1 aromatic carbocycles. The first-order valence-electron chi connectivity index (χ1n) is 6.28. The van der Waals surface area contributed by atoms with E-state index in [1.54, 1.807) is 17.4 Å². The Morgan fingerprint density at radius 2 is 1.95 bits per heavy atom. The zero-order valence-corrected chi connectivity index (χ0v) is 12.0. The molecule has 20 heavy (non-hydrogen) atoms. The average molecular weight is 283 g/mol. The van der Waals surface area contributed by atoms with Crippen molar-refractivity contribution in [2.75, 3.05) is 0 Å². The lowest BCUT2D eigenvalue weighted by atomic mass is 10.1. The van der Waals surface area contributed by atoms with Crippen LogP contribution in [0.15, 0.2) is 47.1 Å². The van der Waals surface area contributed by atoms with Crippen LogP contribution in [0.5, 0.6) is 0 Å². The molecule has 0 saturated carbocycles. The van der Waals surface area contributed by atoms with Gasteiger partial charge in [0.1, 0.15) is 0 Å². The lowest BCUT2D eigenvalue weighted by Gasteiger charge is -2.02. The Morgan fingerprint density at radius 3 is 2.65 bits per heavy atom. The summed E-state index contributed by atoms with van der Waals surface area (Å²) in [6, 6.07) is 11.7. The summed E-state index contributed by atoms with van der Waals surface area (Å²) in [7, 11) is 0. The molecule has 0 spiro atoms. The second-order valence-electron chi connectivity index (χ2n) is 4.60. The molecule has 0 fully saturated rings. The molecule has 2 heterocycles. The van der Waals surface area contributed by atoms with E-state index < -0.39 is 5.97 Å². The van der Waals surface area contributed by atoms with Crippen LogP contribution < -0.4 is 0 Å². The van der Waals surface area contributed by atoms with Crippen LogP contribution in [0.4, 0.5) is 0 Å². The number of nitrogens with zero attached hydrogens (tertiary/aromatic N) is 1. The van der Waals surface area contributed by atoms with Gasteiger partial charge < -0.3 is 4.74 Å². The van der Waals surface area contributed by atoms with Crippen molar-refractivity contribution in [3.63, 3.8) is 0 Å². The average Bonchev–Trinajstić information content (AvgIpc) is 2.98. The molecule has 0 N–H and O–H groups in total. The number of ether oxygens (including phenoxy) is 1. The second-order valence-corrected chi connectivity index (χ2v) is 5.92. The summed E-state index contributed by atoms with van der Waals surface area (Å²) in [6.45, 7) is 4.00. The van der Waals surface area contributed by atoms with E-state index in [0.29, 0.717) is 11.6 Å². The van der Waals surface area contributed by atoms with E-state index in [-0.39, 0.29) is 0 Å². The quantitative estimate of drug-likeness (QED) is 0.622. The number of esters is 1. The van der Waals surface area contributed by atoms with Gasteiger partial charge in [0.15, 0.2) is 5.70 Å². The summed E-state index contributed by atoms with van der Waals surface area (Å²) in [6.07, 6.45) is 1.77. The van der Waals surface area contributed by atoms with E-state index in [1.807, 2.05) is 50.2 Å². The first kappa shape index (κ1) is 12.8. The standard InChI is InChI=1S/C16H13NO2S/c1-10-5-3-4-6-13(10)15-17-14(16(18)19-15)9-12-8-7-11(2)20-12/h3-9H,1-2H3/b14-9-. The lowest BCUT2D eigenvalue weighted by Crippen LogP contribution is -2.06. The lowest BCUT2D eigenvalue weighted by molar-refractivity contribution is -0.129. The Balaban J connectivity index is 1.97. The van der Waals surface area contributed by atoms with Crippen molar-refractivity contribution in [1.82, 2.24) is 0 Å². The minimum Gasteiger partial charge on any atom is -0.402 e. The number of benzene rings is 1. The van der Waals surface area contributed by atoms with Gasteiger partial charge in [-0.05, 0) is 43.7 Å². The molecule has 3 rings (SSSR count). The van der Waals surface area contributed by atoms with Crippen LogP contribution in [0.25, 0.3) is 6.08 Å². The molecule has 1 aliphatic rings. The molecular formula is C16H13NO2S. The molecule has 100 valence electrons. The molecule has 0 unspecified atom stereocenters. The molecule has 0 aliphatic carbocycles. The van der Waals surface area contributed by atoms with Gasteiger partial charge in [0.2, 0.25) is 5.90 Å². The second kappa shape index (κ2) is 5.06. The van der Waals surface area contributed by atoms with Gasteiger partial charge in [0.25, 0.3) is 0 Å². The number of aliphatic imine (C=N–C) groups is 1. The fraction of sp³-hybridized carbons (Fsp3) is 0.125. The van der Waals surface area contributed by atoms with Crippen molar-refractivity contribution in [3.05, 3.63) is 63.0 Å². The van der Waals surface area contributed by atoms with E-state index in [4.69, 9.17) is 4.74 Å². The number of cyclic esters (lactones) is 1. The van der Waals surface area contributed by atoms with Crippen LogP contribution in [0.1, 0.15) is 20.9 Å². The predicted molar refractivity (Wildman–Crippen MR) is 80.8 cm³/mol. The Labute approximate surface area is 121 Å². The number of carbonyl (C=O) groups is 1. The zero-order valence-electron chi connectivity index (χ0n) is 11.2. The molecule has 0 atom stereocenters. The Hall–Kier alpha value is -2.20. The number of carbonyl (C=O) groups excluding carboxylic acids is 1. The summed E-state index contributed by atoms with van der Waals surface area (Å²) in [5.74, 6) is -0.0121. The van der Waals surface area contributed by atoms with E-state index >= 15 is 0 Å². The van der Waals surface area contributed by atoms with Crippen LogP contribution in [0, 0.1) is 13.8 Å². The Bertz CT molecular complexity index is 740. The van der Waals surface area contributed by atoms with Crippen LogP contribution in [0.3, 0.4) is 0 Å². The summed E-state index contributed by atoms with van der Waals surface area (Å²) >= 11 is 1.62. The van der Waals surface area contributed by atoms with E-state index in [2.05, 4.69) is 4.99 Å². The largest absolute Gasteiger partial charge is 0.402 e. The van der Waals surface area contributed by atoms with Gasteiger partial charge in [-0.15, -0.1) is 11.3 Å². The Kier molecular flexibility index (Phi) is 3.24. The topological polar surface area (TPSA) is 38.7 Å². The smallest absolute Gasteiger partial charge is 0.363 e. The SMILES string of the molecule is Cc1ccc(/C=C2\N=C(c3ccccc3C)OC2=O)s1. The van der Waals surface area contributed by atoms with Crippen LogP contribution >= 0.6 is 11.3 Å². The number of aryl methyl sites for hydroxylation is 2. The van der Waals surface area contributed by atoms with Crippen molar-refractivity contribution in [2.24, 2.45) is 4.99 Å². The first-order chi connectivity index (χ1) is 9.63. The van der Waals surface area contributed by atoms with Gasteiger partial charge in [-0.2, -0.15) is 0 Å². The van der Waals surface area contributed by atoms with Gasteiger partial charge in [-0.1, -0.05) is 18.2 Å². The number of hydrogen-bond donors (Lipinski definition) is 0. The zero-order chi connectivity index (χ0) is 14.1. The molecule has 0 radical (unpaired) electrons. The normalized spacial score (nSPS) is 16.4. The minimum atomic E-state index is -0.394. The highest BCUT2D eigenvalue weighted by Crippen LogP contribution is 2.23. The van der Waals surface area contributed by atoms with Crippen molar-refractivity contribution < 1.29 is 9.53 Å². The van der Waals surface area contributed by atoms with Crippen LogP contribution in [-0.2, 0) is 9.53 Å². The van der Waals surface area contributed by atoms with E-state index in [0.717, 1.165) is 16.0 Å². The molecule has 0 saturated heterocycles. The molecule has 0 bridgehead atoms. The number of thiophene rings is 1. The highest BCUT2D eigenvalue weighted by Gasteiger charge is 2.25. The summed E-state index contributed by atoms with van der Waals surface area (Å²) < 4.78 is 5.27. The third-order valence-corrected chi connectivity index (χ3v) is 3.98. The van der Waals surface area contributed by atoms with Crippen LogP contribution in [-0.4, -0.2) is 11.9 Å². The van der Waals surface area contributed by atoms with Crippen LogP contribution in [0.2, 0.25) is 0 Å². The van der Waals surface area contributed by atoms with Crippen molar-refractivity contribution >= 4 is 29.3 Å². The number of hydrogen-bond acceptors (Lipinski definition) is 4. The third kappa shape index (κ3) is 2.42. The van der Waals surface area contributed by atoms with E-state index in [9.17, 15) is 4.79 Å². The molecule has 4 heteroatoms. The summed E-state index contributed by atoms with van der Waals surface area (Å²) in [5.41, 5.74) is 2.24. The van der Waals surface area contributed by atoms with Gasteiger partial charge in [0, 0.05) is 15.3 Å². The minimum absolute atomic E-state index is 0.352. The summed E-state index contributed by atoms with van der Waals surface area (Å²) in [5, 5.41) is 0. The maximum absolute atomic E-state index is 11.9. The van der Waals surface area contributed by atoms with Gasteiger partial charge in [-0.3, -0.25) is 0 Å². The molecule has 1 aromatic heterocycles. The Morgan fingerprint density at radius 1 is 1.15 bits per heavy atom. The van der Waals surface area contributed by atoms with E-state index in [1.165, 1.54) is 4.88 Å². The van der Waals surface area contributed by atoms with Crippen molar-refractivity contribution in [2.45, 2.75) is 13.8 Å². The molecule has 2 aromatic rings. The molecule has 0 amide bonds. The van der Waals surface area contributed by atoms with Gasteiger partial charge in [0.05, 0.1) is 0 Å². The highest BCUT2D eigenvalue weighted by molar-refractivity contribution is 7.12. The first-order valence-corrected chi connectivity index (χ1v) is 7.10. The monoisotopic (exact) mass is 283 g/mol. The maximum Gasteiger partial charge on any atom is 0.363 e. The molecule has 3 nitrogen and oxygen atoms in total. The van der Waals surface area contributed by atoms with Crippen molar-refractivity contribution in [1.29, 1.82) is 0 Å². The third-order valence-electron chi connectivity index (χ3n) is 3.04. The number of rotatable bonds is 2. The highest BCUT2D eigenvalue weighted by atomic mass is 32.1. The van der Waals surface area contributed by atoms with Crippen molar-refractivity contribution in [3.8, 4) is 0 Å². The van der Waals surface area contributed by atoms with Gasteiger partial charge >= 0.3 is 5.97 Å². The van der Waals surface area contributed by atoms with Gasteiger partial charge in [-0.25, -0.2) is 9.79 Å². The fourth-order valence-corrected chi connectivity index (χ4v) is 2.82. The fourth-order valence-electron chi connectivity index (χ4n) is 2.00. The summed E-state index contributed by atoms with van der Waals surface area (Å²) in [4.78, 5) is 18.4. The maximum atomic E-state index is 11.9. The molecule has 1 aliphatic heterocycles.